The first-order valence-corrected chi connectivity index (χ1v) is 8.49. The maximum absolute atomic E-state index is 12.5. The maximum atomic E-state index is 12.5. The fourth-order valence-corrected chi connectivity index (χ4v) is 3.74. The van der Waals surface area contributed by atoms with Crippen LogP contribution in [0.25, 0.3) is 0 Å². The number of hydrogen-bond donors (Lipinski definition) is 2. The van der Waals surface area contributed by atoms with Gasteiger partial charge >= 0.3 is 0 Å². The molecule has 1 amide bonds. The summed E-state index contributed by atoms with van der Waals surface area (Å²) >= 11 is 0. The van der Waals surface area contributed by atoms with Gasteiger partial charge in [-0.2, -0.15) is 0 Å². The number of benzene rings is 1. The van der Waals surface area contributed by atoms with Crippen LogP contribution in [0.2, 0.25) is 0 Å². The zero-order valence-electron chi connectivity index (χ0n) is 11.1. The van der Waals surface area contributed by atoms with Crippen molar-refractivity contribution in [1.82, 2.24) is 4.90 Å². The van der Waals surface area contributed by atoms with Gasteiger partial charge in [-0.25, -0.2) is 8.42 Å². The van der Waals surface area contributed by atoms with Crippen molar-refractivity contribution < 1.29 is 13.2 Å². The number of sulfone groups is 1. The molecule has 0 atom stereocenters. The van der Waals surface area contributed by atoms with Crippen LogP contribution in [0, 0.1) is 0 Å². The molecular weight excluding hydrogens is 278 g/mol. The van der Waals surface area contributed by atoms with E-state index >= 15 is 0 Å². The number of nitrogens with one attached hydrogen (secondary N) is 2. The van der Waals surface area contributed by atoms with Gasteiger partial charge < -0.3 is 15.5 Å². The van der Waals surface area contributed by atoms with Crippen molar-refractivity contribution in [1.29, 1.82) is 0 Å². The predicted molar refractivity (Wildman–Crippen MR) is 78.0 cm³/mol. The predicted octanol–water partition coefficient (Wildman–Crippen LogP) is 0.395. The van der Waals surface area contributed by atoms with Crippen LogP contribution < -0.4 is 10.6 Å². The topological polar surface area (TPSA) is 78.5 Å². The molecular formula is C13H17N3O3S. The lowest BCUT2D eigenvalue weighted by Gasteiger charge is -2.29. The Hall–Kier alpha value is -1.76. The highest BCUT2D eigenvalue weighted by Gasteiger charge is 2.27. The number of anilines is 2. The molecule has 2 heterocycles. The van der Waals surface area contributed by atoms with Crippen molar-refractivity contribution >= 4 is 27.1 Å². The second-order valence-corrected chi connectivity index (χ2v) is 7.33. The Morgan fingerprint density at radius 1 is 1.10 bits per heavy atom. The molecule has 1 saturated heterocycles. The molecule has 0 bridgehead atoms. The average molecular weight is 295 g/mol. The van der Waals surface area contributed by atoms with Crippen molar-refractivity contribution in [2.45, 2.75) is 0 Å². The van der Waals surface area contributed by atoms with Crippen LogP contribution in [-0.4, -0.2) is 56.9 Å². The van der Waals surface area contributed by atoms with E-state index in [-0.39, 0.29) is 30.5 Å². The number of fused-ring (bicyclic) bond motifs is 1. The normalized spacial score (nSPS) is 20.5. The van der Waals surface area contributed by atoms with E-state index in [0.717, 1.165) is 24.5 Å². The van der Waals surface area contributed by atoms with Crippen LogP contribution in [0.3, 0.4) is 0 Å². The fourth-order valence-electron chi connectivity index (χ4n) is 2.54. The number of para-hydroxylation sites is 1. The van der Waals surface area contributed by atoms with E-state index in [0.29, 0.717) is 5.56 Å². The molecule has 0 aliphatic carbocycles. The van der Waals surface area contributed by atoms with Crippen LogP contribution in [-0.2, 0) is 9.84 Å². The Labute approximate surface area is 118 Å². The monoisotopic (exact) mass is 295 g/mol. The van der Waals surface area contributed by atoms with Crippen LogP contribution in [0.15, 0.2) is 18.2 Å². The summed E-state index contributed by atoms with van der Waals surface area (Å²) in [6.07, 6.45) is 0. The number of carbonyl (C=O) groups excluding carboxylic acids is 1. The van der Waals surface area contributed by atoms with Gasteiger partial charge in [0.25, 0.3) is 5.91 Å². The highest BCUT2D eigenvalue weighted by molar-refractivity contribution is 7.91. The van der Waals surface area contributed by atoms with Crippen molar-refractivity contribution in [3.05, 3.63) is 23.8 Å². The van der Waals surface area contributed by atoms with Crippen molar-refractivity contribution in [3.8, 4) is 0 Å². The molecule has 2 aliphatic rings. The quantitative estimate of drug-likeness (QED) is 0.784. The first-order valence-electron chi connectivity index (χ1n) is 6.67. The second-order valence-electron chi connectivity index (χ2n) is 5.03. The van der Waals surface area contributed by atoms with Gasteiger partial charge in [-0.1, -0.05) is 6.07 Å². The molecule has 2 aliphatic heterocycles. The summed E-state index contributed by atoms with van der Waals surface area (Å²) in [5, 5.41) is 6.48. The molecule has 3 rings (SSSR count). The third-order valence-corrected chi connectivity index (χ3v) is 5.28. The highest BCUT2D eigenvalue weighted by Crippen LogP contribution is 2.29. The molecule has 1 aromatic rings. The Bertz CT molecular complexity index is 628. The first-order chi connectivity index (χ1) is 9.57. The first kappa shape index (κ1) is 13.2. The van der Waals surface area contributed by atoms with E-state index in [1.165, 1.54) is 0 Å². The SMILES string of the molecule is O=C(c1cccc2c1NCCN2)N1CCS(=O)(=O)CC1. The molecule has 108 valence electrons. The molecule has 1 aromatic carbocycles. The molecule has 0 saturated carbocycles. The summed E-state index contributed by atoms with van der Waals surface area (Å²) in [6, 6.07) is 5.55. The zero-order chi connectivity index (χ0) is 14.2. The maximum Gasteiger partial charge on any atom is 0.256 e. The van der Waals surface area contributed by atoms with E-state index in [9.17, 15) is 13.2 Å². The van der Waals surface area contributed by atoms with E-state index in [1.54, 1.807) is 11.0 Å². The van der Waals surface area contributed by atoms with Gasteiger partial charge in [0.1, 0.15) is 0 Å². The van der Waals surface area contributed by atoms with Crippen LogP contribution in [0.1, 0.15) is 10.4 Å². The van der Waals surface area contributed by atoms with E-state index in [1.807, 2.05) is 12.1 Å². The Kier molecular flexibility index (Phi) is 3.29. The molecule has 0 unspecified atom stereocenters. The molecule has 0 aromatic heterocycles. The number of hydrogen-bond acceptors (Lipinski definition) is 5. The number of amides is 1. The molecule has 0 spiro atoms. The lowest BCUT2D eigenvalue weighted by atomic mass is 10.1. The standard InChI is InChI=1S/C13H17N3O3S/c17-13(16-6-8-20(18,19)9-7-16)10-2-1-3-11-12(10)15-5-4-14-11/h1-3,14-15H,4-9H2. The average Bonchev–Trinajstić information content (AvgIpc) is 2.46. The van der Waals surface area contributed by atoms with Crippen molar-refractivity contribution in [2.24, 2.45) is 0 Å². The van der Waals surface area contributed by atoms with Crippen LogP contribution >= 0.6 is 0 Å². The lowest BCUT2D eigenvalue weighted by molar-refractivity contribution is 0.0771. The molecule has 2 N–H and O–H groups in total. The Morgan fingerprint density at radius 2 is 1.80 bits per heavy atom. The second kappa shape index (κ2) is 4.97. The van der Waals surface area contributed by atoms with Gasteiger partial charge in [-0.05, 0) is 12.1 Å². The molecule has 20 heavy (non-hydrogen) atoms. The van der Waals surface area contributed by atoms with Gasteiger partial charge in [0.15, 0.2) is 9.84 Å². The van der Waals surface area contributed by atoms with E-state index in [4.69, 9.17) is 0 Å². The lowest BCUT2D eigenvalue weighted by Crippen LogP contribution is -2.44. The van der Waals surface area contributed by atoms with Crippen LogP contribution in [0.5, 0.6) is 0 Å². The molecule has 1 fully saturated rings. The van der Waals surface area contributed by atoms with Crippen molar-refractivity contribution in [2.75, 3.05) is 48.3 Å². The smallest absolute Gasteiger partial charge is 0.256 e. The minimum absolute atomic E-state index is 0.0550. The molecule has 7 heteroatoms. The summed E-state index contributed by atoms with van der Waals surface area (Å²) < 4.78 is 22.9. The minimum atomic E-state index is -2.97. The third-order valence-electron chi connectivity index (χ3n) is 3.67. The molecule has 6 nitrogen and oxygen atoms in total. The number of rotatable bonds is 1. The summed E-state index contributed by atoms with van der Waals surface area (Å²) in [4.78, 5) is 14.2. The highest BCUT2D eigenvalue weighted by atomic mass is 32.2. The summed E-state index contributed by atoms with van der Waals surface area (Å²) in [7, 11) is -2.97. The summed E-state index contributed by atoms with van der Waals surface area (Å²) in [5.41, 5.74) is 2.35. The summed E-state index contributed by atoms with van der Waals surface area (Å²) in [5.74, 6) is 0.00626. The third kappa shape index (κ3) is 2.45. The van der Waals surface area contributed by atoms with Crippen molar-refractivity contribution in [3.63, 3.8) is 0 Å². The van der Waals surface area contributed by atoms with Gasteiger partial charge in [0, 0.05) is 26.2 Å². The zero-order valence-corrected chi connectivity index (χ0v) is 11.9. The summed E-state index contributed by atoms with van der Waals surface area (Å²) in [6.45, 7) is 2.15. The van der Waals surface area contributed by atoms with E-state index < -0.39 is 9.84 Å². The Morgan fingerprint density at radius 3 is 2.55 bits per heavy atom. The van der Waals surface area contributed by atoms with Gasteiger partial charge in [0.2, 0.25) is 0 Å². The van der Waals surface area contributed by atoms with Gasteiger partial charge in [0.05, 0.1) is 28.4 Å². The molecule has 0 radical (unpaired) electrons. The largest absolute Gasteiger partial charge is 0.382 e. The Balaban J connectivity index is 1.85. The number of nitrogens with zero attached hydrogens (tertiary/aromatic N) is 1. The van der Waals surface area contributed by atoms with E-state index in [2.05, 4.69) is 10.6 Å². The fraction of sp³-hybridized carbons (Fsp3) is 0.462. The van der Waals surface area contributed by atoms with Crippen LogP contribution in [0.4, 0.5) is 11.4 Å². The minimum Gasteiger partial charge on any atom is -0.382 e. The number of carbonyl (C=O) groups is 1. The van der Waals surface area contributed by atoms with Gasteiger partial charge in [-0.3, -0.25) is 4.79 Å². The van der Waals surface area contributed by atoms with Gasteiger partial charge in [-0.15, -0.1) is 0 Å².